The molecule has 0 bridgehead atoms. The SMILES string of the molecule is O=C(O)c1cnc(NC2CCCN(c3ccc(OC(F)F)cc3)C2=O)cn1. The third-order valence-electron chi connectivity index (χ3n) is 4.01. The predicted molar refractivity (Wildman–Crippen MR) is 91.1 cm³/mol. The minimum absolute atomic E-state index is 0.0154. The highest BCUT2D eigenvalue weighted by Gasteiger charge is 2.30. The molecule has 1 unspecified atom stereocenters. The second kappa shape index (κ2) is 7.94. The van der Waals surface area contributed by atoms with Gasteiger partial charge in [0, 0.05) is 12.2 Å². The molecule has 1 saturated heterocycles. The van der Waals surface area contributed by atoms with E-state index < -0.39 is 18.6 Å². The van der Waals surface area contributed by atoms with Crippen LogP contribution in [0.15, 0.2) is 36.7 Å². The van der Waals surface area contributed by atoms with Gasteiger partial charge in [-0.25, -0.2) is 14.8 Å². The van der Waals surface area contributed by atoms with Crippen LogP contribution in [-0.2, 0) is 4.79 Å². The van der Waals surface area contributed by atoms with Crippen LogP contribution in [0.4, 0.5) is 20.3 Å². The van der Waals surface area contributed by atoms with Crippen molar-refractivity contribution in [2.24, 2.45) is 0 Å². The van der Waals surface area contributed by atoms with Crippen molar-refractivity contribution in [3.63, 3.8) is 0 Å². The Morgan fingerprint density at radius 3 is 2.59 bits per heavy atom. The maximum atomic E-state index is 12.7. The Hall–Kier alpha value is -3.30. The number of carbonyl (C=O) groups is 2. The number of nitrogens with zero attached hydrogens (tertiary/aromatic N) is 3. The lowest BCUT2D eigenvalue weighted by molar-refractivity contribution is -0.120. The van der Waals surface area contributed by atoms with Gasteiger partial charge in [-0.3, -0.25) is 4.79 Å². The molecule has 1 atom stereocenters. The van der Waals surface area contributed by atoms with Gasteiger partial charge in [-0.15, -0.1) is 0 Å². The van der Waals surface area contributed by atoms with Gasteiger partial charge < -0.3 is 20.1 Å². The number of aromatic nitrogens is 2. The molecular weight excluding hydrogens is 362 g/mol. The fourth-order valence-electron chi connectivity index (χ4n) is 2.76. The van der Waals surface area contributed by atoms with Crippen molar-refractivity contribution < 1.29 is 28.2 Å². The van der Waals surface area contributed by atoms with Gasteiger partial charge in [0.15, 0.2) is 5.69 Å². The summed E-state index contributed by atoms with van der Waals surface area (Å²) in [6, 6.07) is 5.28. The molecule has 0 aliphatic carbocycles. The van der Waals surface area contributed by atoms with E-state index in [1.165, 1.54) is 18.3 Å². The summed E-state index contributed by atoms with van der Waals surface area (Å²) in [4.78, 5) is 32.8. The van der Waals surface area contributed by atoms with E-state index in [1.54, 1.807) is 17.0 Å². The first kappa shape index (κ1) is 18.5. The number of hydrogen-bond acceptors (Lipinski definition) is 6. The summed E-state index contributed by atoms with van der Waals surface area (Å²) in [6.45, 7) is -2.41. The molecule has 1 aliphatic heterocycles. The molecule has 3 rings (SSSR count). The summed E-state index contributed by atoms with van der Waals surface area (Å²) in [5.74, 6) is -1.08. The summed E-state index contributed by atoms with van der Waals surface area (Å²) in [5, 5.41) is 11.8. The van der Waals surface area contributed by atoms with E-state index in [-0.39, 0.29) is 17.4 Å². The maximum Gasteiger partial charge on any atom is 0.387 e. The molecule has 8 nitrogen and oxygen atoms in total. The first-order valence-electron chi connectivity index (χ1n) is 8.12. The standard InChI is InChI=1S/C17H16F2N4O4/c18-17(19)27-11-5-3-10(4-6-11)23-7-1-2-12(15(23)24)22-14-9-20-13(8-21-14)16(25)26/h3-6,8-9,12,17H,1-2,7H2,(H,21,22)(H,25,26). The lowest BCUT2D eigenvalue weighted by Gasteiger charge is -2.33. The Kier molecular flexibility index (Phi) is 5.43. The van der Waals surface area contributed by atoms with Crippen LogP contribution in [0.2, 0.25) is 0 Å². The molecule has 0 radical (unpaired) electrons. The number of rotatable bonds is 6. The van der Waals surface area contributed by atoms with Crippen LogP contribution in [0.1, 0.15) is 23.3 Å². The smallest absolute Gasteiger partial charge is 0.387 e. The van der Waals surface area contributed by atoms with Crippen molar-refractivity contribution in [3.8, 4) is 5.75 Å². The zero-order valence-electron chi connectivity index (χ0n) is 14.0. The van der Waals surface area contributed by atoms with Gasteiger partial charge >= 0.3 is 12.6 Å². The summed E-state index contributed by atoms with van der Waals surface area (Å²) in [6.07, 6.45) is 3.66. The van der Waals surface area contributed by atoms with Gasteiger partial charge in [0.25, 0.3) is 0 Å². The molecule has 1 aromatic carbocycles. The number of ether oxygens (including phenoxy) is 1. The molecule has 1 amide bonds. The molecule has 2 heterocycles. The average Bonchev–Trinajstić information content (AvgIpc) is 2.64. The van der Waals surface area contributed by atoms with Crippen LogP contribution >= 0.6 is 0 Å². The Labute approximate surface area is 152 Å². The number of aromatic carboxylic acids is 1. The first-order chi connectivity index (χ1) is 12.9. The number of nitrogens with one attached hydrogen (secondary N) is 1. The molecule has 2 N–H and O–H groups in total. The van der Waals surface area contributed by atoms with Crippen LogP contribution in [0.25, 0.3) is 0 Å². The summed E-state index contributed by atoms with van der Waals surface area (Å²) in [5.41, 5.74) is 0.378. The summed E-state index contributed by atoms with van der Waals surface area (Å²) < 4.78 is 28.8. The first-order valence-corrected chi connectivity index (χ1v) is 8.12. The third-order valence-corrected chi connectivity index (χ3v) is 4.01. The second-order valence-electron chi connectivity index (χ2n) is 5.79. The average molecular weight is 378 g/mol. The number of carbonyl (C=O) groups excluding carboxylic acids is 1. The number of halogens is 2. The number of alkyl halides is 2. The molecule has 1 aliphatic rings. The van der Waals surface area contributed by atoms with Crippen LogP contribution in [-0.4, -0.2) is 46.1 Å². The van der Waals surface area contributed by atoms with Gasteiger partial charge in [-0.1, -0.05) is 0 Å². The quantitative estimate of drug-likeness (QED) is 0.795. The zero-order chi connectivity index (χ0) is 19.4. The van der Waals surface area contributed by atoms with Gasteiger partial charge in [0.2, 0.25) is 5.91 Å². The van der Waals surface area contributed by atoms with Crippen LogP contribution in [0.3, 0.4) is 0 Å². The molecule has 1 aromatic heterocycles. The molecule has 27 heavy (non-hydrogen) atoms. The van der Waals surface area contributed by atoms with Gasteiger partial charge in [0.05, 0.1) is 12.4 Å². The monoisotopic (exact) mass is 378 g/mol. The Morgan fingerprint density at radius 1 is 1.26 bits per heavy atom. The number of carboxylic acids is 1. The molecule has 0 saturated carbocycles. The highest BCUT2D eigenvalue weighted by atomic mass is 19.3. The van der Waals surface area contributed by atoms with E-state index in [0.717, 1.165) is 12.6 Å². The molecular formula is C17H16F2N4O4. The van der Waals surface area contributed by atoms with E-state index in [2.05, 4.69) is 20.0 Å². The normalized spacial score (nSPS) is 17.1. The van der Waals surface area contributed by atoms with Crippen molar-refractivity contribution in [1.82, 2.24) is 9.97 Å². The molecule has 1 fully saturated rings. The van der Waals surface area contributed by atoms with Crippen LogP contribution in [0, 0.1) is 0 Å². The molecule has 0 spiro atoms. The van der Waals surface area contributed by atoms with Crippen LogP contribution < -0.4 is 15.0 Å². The highest BCUT2D eigenvalue weighted by molar-refractivity contribution is 5.99. The van der Waals surface area contributed by atoms with Gasteiger partial charge in [-0.05, 0) is 37.1 Å². The minimum atomic E-state index is -2.91. The molecule has 142 valence electrons. The minimum Gasteiger partial charge on any atom is -0.476 e. The van der Waals surface area contributed by atoms with Gasteiger partial charge in [-0.2, -0.15) is 8.78 Å². The summed E-state index contributed by atoms with van der Waals surface area (Å²) >= 11 is 0. The highest BCUT2D eigenvalue weighted by Crippen LogP contribution is 2.25. The third kappa shape index (κ3) is 4.46. The van der Waals surface area contributed by atoms with E-state index in [9.17, 15) is 18.4 Å². The lowest BCUT2D eigenvalue weighted by atomic mass is 10.0. The Balaban J connectivity index is 1.69. The predicted octanol–water partition coefficient (Wildman–Crippen LogP) is 2.38. The fourth-order valence-corrected chi connectivity index (χ4v) is 2.76. The second-order valence-corrected chi connectivity index (χ2v) is 5.79. The number of piperidine rings is 1. The van der Waals surface area contributed by atoms with Crippen molar-refractivity contribution in [2.75, 3.05) is 16.8 Å². The number of benzene rings is 1. The largest absolute Gasteiger partial charge is 0.476 e. The molecule has 2 aromatic rings. The number of carboxylic acid groups (broad SMARTS) is 1. The summed E-state index contributed by atoms with van der Waals surface area (Å²) in [7, 11) is 0. The molecule has 10 heteroatoms. The zero-order valence-corrected chi connectivity index (χ0v) is 14.0. The number of hydrogen-bond donors (Lipinski definition) is 2. The van der Waals surface area contributed by atoms with Crippen LogP contribution in [0.5, 0.6) is 5.75 Å². The van der Waals surface area contributed by atoms with Crippen molar-refractivity contribution in [2.45, 2.75) is 25.5 Å². The topological polar surface area (TPSA) is 105 Å². The Morgan fingerprint density at radius 2 is 2.00 bits per heavy atom. The number of anilines is 2. The number of amides is 1. The maximum absolute atomic E-state index is 12.7. The van der Waals surface area contributed by atoms with E-state index in [4.69, 9.17) is 5.11 Å². The Bertz CT molecular complexity index is 815. The van der Waals surface area contributed by atoms with E-state index in [0.29, 0.717) is 24.5 Å². The van der Waals surface area contributed by atoms with Crippen molar-refractivity contribution in [3.05, 3.63) is 42.4 Å². The van der Waals surface area contributed by atoms with E-state index in [1.807, 2.05) is 0 Å². The van der Waals surface area contributed by atoms with Crippen molar-refractivity contribution >= 4 is 23.4 Å². The van der Waals surface area contributed by atoms with Crippen molar-refractivity contribution in [1.29, 1.82) is 0 Å². The van der Waals surface area contributed by atoms with Gasteiger partial charge in [0.1, 0.15) is 17.6 Å². The lowest BCUT2D eigenvalue weighted by Crippen LogP contribution is -2.47. The van der Waals surface area contributed by atoms with E-state index >= 15 is 0 Å². The fraction of sp³-hybridized carbons (Fsp3) is 0.294.